The lowest BCUT2D eigenvalue weighted by atomic mass is 10.0. The van der Waals surface area contributed by atoms with Gasteiger partial charge in [-0.15, -0.1) is 0 Å². The van der Waals surface area contributed by atoms with Gasteiger partial charge in [0.25, 0.3) is 0 Å². The Morgan fingerprint density at radius 1 is 0.794 bits per heavy atom. The van der Waals surface area contributed by atoms with Crippen molar-refractivity contribution in [3.05, 3.63) is 114 Å². The van der Waals surface area contributed by atoms with Crippen molar-refractivity contribution in [3.63, 3.8) is 0 Å². The van der Waals surface area contributed by atoms with E-state index in [2.05, 4.69) is 76.9 Å². The Kier molecular flexibility index (Phi) is 7.18. The van der Waals surface area contributed by atoms with Crippen LogP contribution in [0.4, 0.5) is 4.39 Å². The monoisotopic (exact) mass is 454 g/mol. The zero-order valence-corrected chi connectivity index (χ0v) is 19.4. The van der Waals surface area contributed by atoms with Gasteiger partial charge in [-0.2, -0.15) is 0 Å². The summed E-state index contributed by atoms with van der Waals surface area (Å²) in [4.78, 5) is 2.54. The molecule has 3 nitrogen and oxygen atoms in total. The lowest BCUT2D eigenvalue weighted by molar-refractivity contribution is 0.190. The number of rotatable bonds is 8. The van der Waals surface area contributed by atoms with Crippen LogP contribution in [0.3, 0.4) is 0 Å². The van der Waals surface area contributed by atoms with Crippen LogP contribution >= 0.6 is 0 Å². The summed E-state index contributed by atoms with van der Waals surface area (Å²) in [6.07, 6.45) is 2.28. The number of piperidine rings is 1. The molecule has 0 radical (unpaired) electrons. The van der Waals surface area contributed by atoms with E-state index in [1.807, 2.05) is 0 Å². The van der Waals surface area contributed by atoms with Crippen molar-refractivity contribution >= 4 is 10.8 Å². The predicted molar refractivity (Wildman–Crippen MR) is 136 cm³/mol. The maximum Gasteiger partial charge on any atom is 0.124 e. The minimum Gasteiger partial charge on any atom is -0.489 e. The van der Waals surface area contributed by atoms with Crippen LogP contribution in [0.5, 0.6) is 5.75 Å². The molecule has 0 bridgehead atoms. The largest absolute Gasteiger partial charge is 0.489 e. The highest BCUT2D eigenvalue weighted by atomic mass is 19.1. The summed E-state index contributed by atoms with van der Waals surface area (Å²) < 4.78 is 19.5. The Morgan fingerprint density at radius 3 is 2.32 bits per heavy atom. The Morgan fingerprint density at radius 2 is 1.53 bits per heavy atom. The topological polar surface area (TPSA) is 24.5 Å². The van der Waals surface area contributed by atoms with Gasteiger partial charge < -0.3 is 10.1 Å². The van der Waals surface area contributed by atoms with E-state index in [0.29, 0.717) is 12.6 Å². The lowest BCUT2D eigenvalue weighted by Gasteiger charge is -2.32. The molecule has 1 aliphatic heterocycles. The van der Waals surface area contributed by atoms with Crippen molar-refractivity contribution in [1.82, 2.24) is 10.2 Å². The number of hydrogen-bond acceptors (Lipinski definition) is 3. The third-order valence-corrected chi connectivity index (χ3v) is 6.71. The van der Waals surface area contributed by atoms with Crippen molar-refractivity contribution in [2.75, 3.05) is 13.1 Å². The second-order valence-electron chi connectivity index (χ2n) is 9.10. The van der Waals surface area contributed by atoms with Gasteiger partial charge in [-0.25, -0.2) is 4.39 Å². The van der Waals surface area contributed by atoms with Gasteiger partial charge in [0, 0.05) is 24.7 Å². The first-order chi connectivity index (χ1) is 16.7. The second kappa shape index (κ2) is 10.8. The van der Waals surface area contributed by atoms with Gasteiger partial charge in [-0.05, 0) is 66.0 Å². The molecule has 5 rings (SSSR count). The average Bonchev–Trinajstić information content (AvgIpc) is 2.89. The van der Waals surface area contributed by atoms with Crippen LogP contribution < -0.4 is 10.1 Å². The molecule has 0 amide bonds. The summed E-state index contributed by atoms with van der Waals surface area (Å²) in [5.74, 6) is 0.659. The molecule has 4 aromatic carbocycles. The van der Waals surface area contributed by atoms with E-state index < -0.39 is 0 Å². The Hall–Kier alpha value is -3.21. The first-order valence-corrected chi connectivity index (χ1v) is 12.1. The third kappa shape index (κ3) is 5.64. The molecule has 0 aromatic heterocycles. The summed E-state index contributed by atoms with van der Waals surface area (Å²) in [5.41, 5.74) is 3.53. The van der Waals surface area contributed by atoms with Crippen molar-refractivity contribution in [2.24, 2.45) is 0 Å². The van der Waals surface area contributed by atoms with Crippen LogP contribution in [0.2, 0.25) is 0 Å². The highest BCUT2D eigenvalue weighted by Crippen LogP contribution is 2.29. The Bertz CT molecular complexity index is 1200. The van der Waals surface area contributed by atoms with Crippen LogP contribution in [0.15, 0.2) is 91.0 Å². The van der Waals surface area contributed by atoms with E-state index in [1.54, 1.807) is 12.1 Å². The Labute approximate surface area is 201 Å². The smallest absolute Gasteiger partial charge is 0.124 e. The fourth-order valence-corrected chi connectivity index (χ4v) is 4.76. The molecule has 1 aliphatic rings. The summed E-state index contributed by atoms with van der Waals surface area (Å²) in [6, 6.07) is 30.4. The maximum atomic E-state index is 13.2. The molecule has 1 fully saturated rings. The average molecular weight is 455 g/mol. The quantitative estimate of drug-likeness (QED) is 0.338. The van der Waals surface area contributed by atoms with E-state index in [-0.39, 0.29) is 5.82 Å². The van der Waals surface area contributed by atoms with Gasteiger partial charge in [0.1, 0.15) is 18.2 Å². The molecule has 0 aliphatic carbocycles. The minimum atomic E-state index is -0.228. The first-order valence-electron chi connectivity index (χ1n) is 12.1. The van der Waals surface area contributed by atoms with Crippen LogP contribution in [-0.2, 0) is 19.7 Å². The molecular weight excluding hydrogens is 423 g/mol. The molecule has 34 heavy (non-hydrogen) atoms. The lowest BCUT2D eigenvalue weighted by Crippen LogP contribution is -2.41. The molecule has 0 atom stereocenters. The van der Waals surface area contributed by atoms with Crippen LogP contribution in [0, 0.1) is 5.82 Å². The molecule has 1 N–H and O–H groups in total. The van der Waals surface area contributed by atoms with Crippen molar-refractivity contribution < 1.29 is 9.13 Å². The molecule has 1 saturated heterocycles. The molecular formula is C30H31FN2O. The number of ether oxygens (including phenoxy) is 1. The summed E-state index contributed by atoms with van der Waals surface area (Å²) >= 11 is 0. The molecule has 4 heteroatoms. The zero-order chi connectivity index (χ0) is 23.2. The van der Waals surface area contributed by atoms with Crippen molar-refractivity contribution in [1.29, 1.82) is 0 Å². The SMILES string of the molecule is Fc1ccc(COc2ccc3ccccc3c2CNC2CCN(Cc3ccccc3)CC2)cc1. The van der Waals surface area contributed by atoms with Gasteiger partial charge in [-0.1, -0.05) is 72.8 Å². The minimum absolute atomic E-state index is 0.228. The van der Waals surface area contributed by atoms with Gasteiger partial charge >= 0.3 is 0 Å². The molecule has 174 valence electrons. The van der Waals surface area contributed by atoms with E-state index >= 15 is 0 Å². The van der Waals surface area contributed by atoms with E-state index in [4.69, 9.17) is 4.74 Å². The van der Waals surface area contributed by atoms with Crippen molar-refractivity contribution in [3.8, 4) is 5.75 Å². The number of nitrogens with zero attached hydrogens (tertiary/aromatic N) is 1. The number of fused-ring (bicyclic) bond motifs is 1. The van der Waals surface area contributed by atoms with Crippen LogP contribution in [0.1, 0.15) is 29.5 Å². The van der Waals surface area contributed by atoms with Gasteiger partial charge in [-0.3, -0.25) is 4.90 Å². The number of halogens is 1. The molecule has 0 saturated carbocycles. The van der Waals surface area contributed by atoms with Crippen LogP contribution in [-0.4, -0.2) is 24.0 Å². The highest BCUT2D eigenvalue weighted by Gasteiger charge is 2.20. The normalized spacial score (nSPS) is 15.0. The first kappa shape index (κ1) is 22.6. The second-order valence-corrected chi connectivity index (χ2v) is 9.10. The zero-order valence-electron chi connectivity index (χ0n) is 19.4. The standard InChI is InChI=1S/C30H31FN2O/c31-26-13-10-24(11-14-26)22-34-30-15-12-25-8-4-5-9-28(25)29(30)20-32-27-16-18-33(19-17-27)21-23-6-2-1-3-7-23/h1-15,27,32H,16-22H2. The summed E-state index contributed by atoms with van der Waals surface area (Å²) in [6.45, 7) is 4.43. The summed E-state index contributed by atoms with van der Waals surface area (Å²) in [5, 5.41) is 6.23. The predicted octanol–water partition coefficient (Wildman–Crippen LogP) is 6.31. The molecule has 4 aromatic rings. The molecule has 1 heterocycles. The highest BCUT2D eigenvalue weighted by molar-refractivity contribution is 5.87. The number of benzene rings is 4. The van der Waals surface area contributed by atoms with Crippen LogP contribution in [0.25, 0.3) is 10.8 Å². The number of hydrogen-bond donors (Lipinski definition) is 1. The molecule has 0 spiro atoms. The molecule has 0 unspecified atom stereocenters. The maximum absolute atomic E-state index is 13.2. The fraction of sp³-hybridized carbons (Fsp3) is 0.267. The summed E-state index contributed by atoms with van der Waals surface area (Å²) in [7, 11) is 0. The number of nitrogens with one attached hydrogen (secondary N) is 1. The van der Waals surface area contributed by atoms with E-state index in [1.165, 1.54) is 34.0 Å². The van der Waals surface area contributed by atoms with Gasteiger partial charge in [0.05, 0.1) is 0 Å². The third-order valence-electron chi connectivity index (χ3n) is 6.71. The van der Waals surface area contributed by atoms with Crippen molar-refractivity contribution in [2.45, 2.75) is 38.6 Å². The van der Waals surface area contributed by atoms with E-state index in [9.17, 15) is 4.39 Å². The Balaban J connectivity index is 1.23. The van der Waals surface area contributed by atoms with Gasteiger partial charge in [0.15, 0.2) is 0 Å². The van der Waals surface area contributed by atoms with Gasteiger partial charge in [0.2, 0.25) is 0 Å². The fourth-order valence-electron chi connectivity index (χ4n) is 4.76. The van der Waals surface area contributed by atoms with E-state index in [0.717, 1.165) is 50.3 Å². The number of likely N-dealkylation sites (tertiary alicyclic amines) is 1.